The third-order valence-corrected chi connectivity index (χ3v) is 6.41. The Hall–Kier alpha value is -2.57. The topological polar surface area (TPSA) is 90.6 Å². The molecule has 1 aliphatic carbocycles. The number of nitrogen functional groups attached to an aromatic ring is 1. The average Bonchev–Trinajstić information content (AvgIpc) is 2.78. The zero-order chi connectivity index (χ0) is 20.4. The molecule has 7 nitrogen and oxygen atoms in total. The Balaban J connectivity index is 1.50. The minimum absolute atomic E-state index is 0.177. The summed E-state index contributed by atoms with van der Waals surface area (Å²) >= 11 is 0. The summed E-state index contributed by atoms with van der Waals surface area (Å²) in [6, 6.07) is 3.64. The van der Waals surface area contributed by atoms with Gasteiger partial charge in [0.05, 0.1) is 19.7 Å². The van der Waals surface area contributed by atoms with Crippen LogP contribution in [0.15, 0.2) is 12.1 Å². The van der Waals surface area contributed by atoms with E-state index in [2.05, 4.69) is 9.88 Å². The molecule has 2 heterocycles. The number of nitrogens with zero attached hydrogens (tertiary/aromatic N) is 3. The number of benzene rings is 1. The largest absolute Gasteiger partial charge is 0.493 e. The van der Waals surface area contributed by atoms with Gasteiger partial charge in [0.25, 0.3) is 0 Å². The molecular weight excluding hydrogens is 368 g/mol. The number of nitrogens with two attached hydrogens (primary N) is 1. The van der Waals surface area contributed by atoms with Gasteiger partial charge in [-0.05, 0) is 31.7 Å². The van der Waals surface area contributed by atoms with Gasteiger partial charge >= 0.3 is 0 Å². The van der Waals surface area contributed by atoms with E-state index >= 15 is 0 Å². The van der Waals surface area contributed by atoms with E-state index in [9.17, 15) is 4.79 Å². The summed E-state index contributed by atoms with van der Waals surface area (Å²) < 4.78 is 10.7. The predicted molar refractivity (Wildman–Crippen MR) is 114 cm³/mol. The Morgan fingerprint density at radius 1 is 0.966 bits per heavy atom. The van der Waals surface area contributed by atoms with Crippen molar-refractivity contribution < 1.29 is 14.3 Å². The number of carbonyl (C=O) groups is 1. The maximum atomic E-state index is 12.9. The number of ketones is 1. The number of hydrogen-bond acceptors (Lipinski definition) is 7. The first-order chi connectivity index (χ1) is 14.1. The monoisotopic (exact) mass is 398 g/mol. The quantitative estimate of drug-likeness (QED) is 0.823. The fourth-order valence-corrected chi connectivity index (χ4v) is 4.69. The molecule has 7 heteroatoms. The molecule has 1 aromatic carbocycles. The lowest BCUT2D eigenvalue weighted by molar-refractivity contribution is -0.128. The van der Waals surface area contributed by atoms with Gasteiger partial charge in [0.15, 0.2) is 11.5 Å². The molecule has 1 saturated heterocycles. The average molecular weight is 399 g/mol. The third-order valence-electron chi connectivity index (χ3n) is 6.41. The molecule has 2 N–H and O–H groups in total. The molecule has 1 aliphatic heterocycles. The molecule has 2 fully saturated rings. The maximum Gasteiger partial charge on any atom is 0.227 e. The molecule has 2 aromatic rings. The number of methoxy groups -OCH3 is 2. The van der Waals surface area contributed by atoms with Crippen LogP contribution in [0.5, 0.6) is 11.5 Å². The standard InChI is InChI=1S/C22H30N4O3/c1-28-18-12-16-17(13-19(18)29-2)24-22(25-21(16)23)26-10-8-15(9-11-26)20(27)14-6-4-3-5-7-14/h12-15H,3-11H2,1-2H3,(H2,23,24,25). The summed E-state index contributed by atoms with van der Waals surface area (Å²) in [4.78, 5) is 24.2. The number of rotatable bonds is 5. The number of hydrogen-bond donors (Lipinski definition) is 1. The van der Waals surface area contributed by atoms with Crippen molar-refractivity contribution in [1.82, 2.24) is 9.97 Å². The van der Waals surface area contributed by atoms with E-state index in [1.165, 1.54) is 19.3 Å². The lowest BCUT2D eigenvalue weighted by atomic mass is 9.79. The number of fused-ring (bicyclic) bond motifs is 1. The maximum absolute atomic E-state index is 12.9. The predicted octanol–water partition coefficient (Wildman–Crippen LogP) is 3.60. The number of carbonyl (C=O) groups excluding carboxylic acids is 1. The van der Waals surface area contributed by atoms with Crippen LogP contribution in [0, 0.1) is 11.8 Å². The molecule has 0 amide bonds. The number of ether oxygens (including phenoxy) is 2. The summed E-state index contributed by atoms with van der Waals surface area (Å²) in [5.41, 5.74) is 6.95. The van der Waals surface area contributed by atoms with Crippen LogP contribution in [0.1, 0.15) is 44.9 Å². The fraction of sp³-hybridized carbons (Fsp3) is 0.591. The van der Waals surface area contributed by atoms with Crippen LogP contribution in [-0.4, -0.2) is 43.1 Å². The molecule has 0 radical (unpaired) electrons. The van der Waals surface area contributed by atoms with Crippen molar-refractivity contribution in [2.75, 3.05) is 37.9 Å². The number of piperidine rings is 1. The van der Waals surface area contributed by atoms with Crippen LogP contribution in [0.2, 0.25) is 0 Å². The van der Waals surface area contributed by atoms with Crippen molar-refractivity contribution in [2.45, 2.75) is 44.9 Å². The molecule has 0 bridgehead atoms. The van der Waals surface area contributed by atoms with E-state index in [0.29, 0.717) is 29.0 Å². The Labute approximate surface area is 171 Å². The van der Waals surface area contributed by atoms with E-state index in [0.717, 1.165) is 49.7 Å². The highest BCUT2D eigenvalue weighted by atomic mass is 16.5. The summed E-state index contributed by atoms with van der Waals surface area (Å²) in [5, 5.41) is 0.744. The van der Waals surface area contributed by atoms with Crippen molar-refractivity contribution in [3.63, 3.8) is 0 Å². The van der Waals surface area contributed by atoms with Gasteiger partial charge in [-0.1, -0.05) is 19.3 Å². The molecule has 2 aliphatic rings. The number of aromatic nitrogens is 2. The Morgan fingerprint density at radius 2 is 1.59 bits per heavy atom. The fourth-order valence-electron chi connectivity index (χ4n) is 4.69. The van der Waals surface area contributed by atoms with Gasteiger partial charge in [0.2, 0.25) is 5.95 Å². The number of anilines is 2. The van der Waals surface area contributed by atoms with Gasteiger partial charge in [-0.3, -0.25) is 4.79 Å². The molecule has 156 valence electrons. The molecular formula is C22H30N4O3. The first-order valence-corrected chi connectivity index (χ1v) is 10.6. The highest BCUT2D eigenvalue weighted by Crippen LogP contribution is 2.35. The van der Waals surface area contributed by atoms with E-state index in [1.54, 1.807) is 14.2 Å². The van der Waals surface area contributed by atoms with Gasteiger partial charge in [0, 0.05) is 36.4 Å². The number of Topliss-reactive ketones (excluding diaryl/α,β-unsaturated/α-hetero) is 1. The summed E-state index contributed by atoms with van der Waals surface area (Å²) in [5.74, 6) is 3.20. The molecule has 29 heavy (non-hydrogen) atoms. The third kappa shape index (κ3) is 3.95. The molecule has 0 atom stereocenters. The van der Waals surface area contributed by atoms with E-state index in [1.807, 2.05) is 12.1 Å². The first-order valence-electron chi connectivity index (χ1n) is 10.6. The van der Waals surface area contributed by atoms with Crippen LogP contribution >= 0.6 is 0 Å². The first kappa shape index (κ1) is 19.7. The molecule has 0 spiro atoms. The summed E-state index contributed by atoms with van der Waals surface area (Å²) in [6.45, 7) is 1.56. The Kier molecular flexibility index (Phi) is 5.74. The molecule has 1 aromatic heterocycles. The van der Waals surface area contributed by atoms with E-state index in [4.69, 9.17) is 20.2 Å². The highest BCUT2D eigenvalue weighted by molar-refractivity contribution is 5.91. The van der Waals surface area contributed by atoms with Crippen LogP contribution in [0.4, 0.5) is 11.8 Å². The van der Waals surface area contributed by atoms with Crippen LogP contribution < -0.4 is 20.1 Å². The van der Waals surface area contributed by atoms with Crippen molar-refractivity contribution >= 4 is 28.5 Å². The van der Waals surface area contributed by atoms with Gasteiger partial charge in [-0.2, -0.15) is 4.98 Å². The zero-order valence-corrected chi connectivity index (χ0v) is 17.3. The minimum Gasteiger partial charge on any atom is -0.493 e. The van der Waals surface area contributed by atoms with Crippen molar-refractivity contribution in [1.29, 1.82) is 0 Å². The van der Waals surface area contributed by atoms with Crippen LogP contribution in [0.25, 0.3) is 10.9 Å². The SMILES string of the molecule is COc1cc2nc(N3CCC(C(=O)C4CCCCC4)CC3)nc(N)c2cc1OC. The second kappa shape index (κ2) is 8.43. The summed E-state index contributed by atoms with van der Waals surface area (Å²) in [7, 11) is 3.19. The van der Waals surface area contributed by atoms with Crippen molar-refractivity contribution in [3.8, 4) is 11.5 Å². The second-order valence-electron chi connectivity index (χ2n) is 8.13. The van der Waals surface area contributed by atoms with E-state index < -0.39 is 0 Å². The van der Waals surface area contributed by atoms with Crippen molar-refractivity contribution in [2.24, 2.45) is 11.8 Å². The highest BCUT2D eigenvalue weighted by Gasteiger charge is 2.31. The molecule has 1 saturated carbocycles. The molecule has 0 unspecified atom stereocenters. The second-order valence-corrected chi connectivity index (χ2v) is 8.13. The smallest absolute Gasteiger partial charge is 0.227 e. The van der Waals surface area contributed by atoms with Crippen molar-refractivity contribution in [3.05, 3.63) is 12.1 Å². The van der Waals surface area contributed by atoms with Gasteiger partial charge < -0.3 is 20.1 Å². The van der Waals surface area contributed by atoms with Crippen LogP contribution in [0.3, 0.4) is 0 Å². The minimum atomic E-state index is 0.177. The Bertz CT molecular complexity index is 887. The van der Waals surface area contributed by atoms with Crippen LogP contribution in [-0.2, 0) is 4.79 Å². The summed E-state index contributed by atoms with van der Waals surface area (Å²) in [6.07, 6.45) is 7.56. The van der Waals surface area contributed by atoms with Gasteiger partial charge in [0.1, 0.15) is 11.6 Å². The van der Waals surface area contributed by atoms with Gasteiger partial charge in [-0.15, -0.1) is 0 Å². The van der Waals surface area contributed by atoms with E-state index in [-0.39, 0.29) is 11.8 Å². The molecule has 4 rings (SSSR count). The zero-order valence-electron chi connectivity index (χ0n) is 17.3. The normalized spacial score (nSPS) is 18.8. The lowest BCUT2D eigenvalue weighted by Gasteiger charge is -2.33. The van der Waals surface area contributed by atoms with Gasteiger partial charge in [-0.25, -0.2) is 4.98 Å². The Morgan fingerprint density at radius 3 is 2.24 bits per heavy atom. The lowest BCUT2D eigenvalue weighted by Crippen LogP contribution is -2.39.